The third-order valence-electron chi connectivity index (χ3n) is 5.82. The van der Waals surface area contributed by atoms with Crippen LogP contribution in [0.4, 0.5) is 5.69 Å². The number of carbonyl (C=O) groups is 2. The van der Waals surface area contributed by atoms with Gasteiger partial charge >= 0.3 is 5.97 Å². The van der Waals surface area contributed by atoms with E-state index in [1.807, 2.05) is 60.7 Å². The minimum atomic E-state index is -0.616. The highest BCUT2D eigenvalue weighted by atomic mass is 16.6. The molecule has 0 bridgehead atoms. The molecule has 8 nitrogen and oxygen atoms in total. The lowest BCUT2D eigenvalue weighted by molar-refractivity contribution is -0.384. The number of ether oxygens (including phenoxy) is 1. The second kappa shape index (κ2) is 10.1. The van der Waals surface area contributed by atoms with Gasteiger partial charge in [0.15, 0.2) is 0 Å². The maximum atomic E-state index is 13.2. The first-order valence-electron chi connectivity index (χ1n) is 11.3. The molecule has 0 heterocycles. The third-order valence-corrected chi connectivity index (χ3v) is 5.82. The summed E-state index contributed by atoms with van der Waals surface area (Å²) in [4.78, 5) is 36.1. The molecule has 0 atom stereocenters. The van der Waals surface area contributed by atoms with E-state index >= 15 is 0 Å². The van der Waals surface area contributed by atoms with Crippen LogP contribution in [-0.4, -0.2) is 23.0 Å². The summed E-state index contributed by atoms with van der Waals surface area (Å²) in [5.41, 5.74) is 3.19. The van der Waals surface area contributed by atoms with Crippen LogP contribution in [0.5, 0.6) is 5.75 Å². The Balaban J connectivity index is 1.46. The molecule has 5 aromatic carbocycles. The molecule has 5 aromatic rings. The first-order valence-corrected chi connectivity index (χ1v) is 11.3. The van der Waals surface area contributed by atoms with E-state index in [0.717, 1.165) is 21.5 Å². The van der Waals surface area contributed by atoms with Gasteiger partial charge in [0.05, 0.1) is 16.7 Å². The number of benzene rings is 5. The van der Waals surface area contributed by atoms with Crippen molar-refractivity contribution in [2.75, 3.05) is 0 Å². The summed E-state index contributed by atoms with van der Waals surface area (Å²) < 4.78 is 5.81. The lowest BCUT2D eigenvalue weighted by Gasteiger charge is -2.12. The molecule has 180 valence electrons. The fraction of sp³-hybridized carbons (Fsp3) is 0. The lowest BCUT2D eigenvalue weighted by Crippen LogP contribution is -2.18. The molecule has 0 saturated carbocycles. The standard InChI is InChI=1S/C29H19N3O5/c33-28(21-10-5-11-22(17-21)32(35)36)31-30-18-26-24-13-4-2-8-20(24)15-16-27(26)37-29(34)25-14-6-9-19-7-1-3-12-23(19)25/h1-18H,(H,31,33)/b30-18-. The van der Waals surface area contributed by atoms with Crippen molar-refractivity contribution in [1.29, 1.82) is 0 Å². The molecule has 8 heteroatoms. The topological polar surface area (TPSA) is 111 Å². The summed E-state index contributed by atoms with van der Waals surface area (Å²) in [6.07, 6.45) is 1.39. The van der Waals surface area contributed by atoms with Gasteiger partial charge in [-0.25, -0.2) is 10.2 Å². The Bertz CT molecular complexity index is 1710. The number of amides is 1. The number of fused-ring (bicyclic) bond motifs is 2. The molecule has 0 aliphatic heterocycles. The van der Waals surface area contributed by atoms with Crippen LogP contribution < -0.4 is 10.2 Å². The number of rotatable bonds is 6. The largest absolute Gasteiger partial charge is 0.422 e. The molecule has 0 unspecified atom stereocenters. The van der Waals surface area contributed by atoms with Gasteiger partial charge in [-0.15, -0.1) is 0 Å². The highest BCUT2D eigenvalue weighted by Crippen LogP contribution is 2.28. The van der Waals surface area contributed by atoms with Crippen molar-refractivity contribution in [1.82, 2.24) is 5.43 Å². The van der Waals surface area contributed by atoms with Crippen molar-refractivity contribution < 1.29 is 19.2 Å². The summed E-state index contributed by atoms with van der Waals surface area (Å²) in [6.45, 7) is 0. The van der Waals surface area contributed by atoms with Gasteiger partial charge in [0, 0.05) is 23.3 Å². The zero-order valence-electron chi connectivity index (χ0n) is 19.3. The third kappa shape index (κ3) is 4.89. The minimum absolute atomic E-state index is 0.0897. The van der Waals surface area contributed by atoms with Crippen molar-refractivity contribution in [3.8, 4) is 5.75 Å². The average molecular weight is 489 g/mol. The van der Waals surface area contributed by atoms with E-state index in [9.17, 15) is 19.7 Å². The van der Waals surface area contributed by atoms with E-state index in [4.69, 9.17) is 4.74 Å². The molecule has 0 fully saturated rings. The molecule has 0 spiro atoms. The number of nitrogens with zero attached hydrogens (tertiary/aromatic N) is 2. The van der Waals surface area contributed by atoms with Crippen LogP contribution in [-0.2, 0) is 0 Å². The van der Waals surface area contributed by atoms with E-state index in [1.165, 1.54) is 30.5 Å². The number of nitrogens with one attached hydrogen (secondary N) is 1. The maximum absolute atomic E-state index is 13.2. The van der Waals surface area contributed by atoms with Crippen LogP contribution in [0, 0.1) is 10.1 Å². The van der Waals surface area contributed by atoms with Crippen LogP contribution in [0.15, 0.2) is 108 Å². The molecule has 5 rings (SSSR count). The summed E-state index contributed by atoms with van der Waals surface area (Å²) in [5, 5.41) is 18.4. The SMILES string of the molecule is O=C(N/N=C\c1c(OC(=O)c2cccc3ccccc23)ccc2ccccc12)c1cccc([N+](=O)[O-])c1. The zero-order valence-corrected chi connectivity index (χ0v) is 19.3. The van der Waals surface area contributed by atoms with Crippen molar-refractivity contribution in [3.63, 3.8) is 0 Å². The van der Waals surface area contributed by atoms with Crippen LogP contribution in [0.1, 0.15) is 26.3 Å². The number of esters is 1. The van der Waals surface area contributed by atoms with Gasteiger partial charge in [-0.3, -0.25) is 14.9 Å². The maximum Gasteiger partial charge on any atom is 0.344 e. The van der Waals surface area contributed by atoms with E-state index < -0.39 is 16.8 Å². The Kier molecular flexibility index (Phi) is 6.37. The molecular weight excluding hydrogens is 470 g/mol. The second-order valence-electron chi connectivity index (χ2n) is 8.12. The molecule has 0 aromatic heterocycles. The summed E-state index contributed by atoms with van der Waals surface area (Å²) in [6, 6.07) is 29.3. The molecule has 0 aliphatic rings. The Morgan fingerprint density at radius 1 is 0.811 bits per heavy atom. The fourth-order valence-electron chi connectivity index (χ4n) is 4.04. The number of hydrogen-bond acceptors (Lipinski definition) is 6. The van der Waals surface area contributed by atoms with Crippen molar-refractivity contribution >= 4 is 45.3 Å². The van der Waals surface area contributed by atoms with Gasteiger partial charge in [-0.05, 0) is 39.7 Å². The number of nitro benzene ring substituents is 1. The average Bonchev–Trinajstić information content (AvgIpc) is 2.93. The van der Waals surface area contributed by atoms with Gasteiger partial charge in [0.2, 0.25) is 0 Å². The molecule has 1 amide bonds. The number of hydrogen-bond donors (Lipinski definition) is 1. The molecule has 37 heavy (non-hydrogen) atoms. The Morgan fingerprint density at radius 2 is 1.49 bits per heavy atom. The number of hydrazone groups is 1. The Hall–Kier alpha value is -5.37. The molecule has 1 N–H and O–H groups in total. The van der Waals surface area contributed by atoms with E-state index in [0.29, 0.717) is 11.1 Å². The number of carbonyl (C=O) groups excluding carboxylic acids is 2. The van der Waals surface area contributed by atoms with Gasteiger partial charge in [0.1, 0.15) is 5.75 Å². The Labute approximate surface area is 211 Å². The smallest absolute Gasteiger partial charge is 0.344 e. The number of non-ortho nitro benzene ring substituents is 1. The molecular formula is C29H19N3O5. The molecule has 0 aliphatic carbocycles. The highest BCUT2D eigenvalue weighted by molar-refractivity contribution is 6.07. The Morgan fingerprint density at radius 3 is 2.27 bits per heavy atom. The van der Waals surface area contributed by atoms with E-state index in [2.05, 4.69) is 10.5 Å². The highest BCUT2D eigenvalue weighted by Gasteiger charge is 2.16. The zero-order chi connectivity index (χ0) is 25.8. The van der Waals surface area contributed by atoms with Crippen molar-refractivity contribution in [3.05, 3.63) is 130 Å². The van der Waals surface area contributed by atoms with Crippen molar-refractivity contribution in [2.45, 2.75) is 0 Å². The van der Waals surface area contributed by atoms with Gasteiger partial charge < -0.3 is 4.74 Å². The molecule has 0 radical (unpaired) electrons. The predicted molar refractivity (Wildman–Crippen MR) is 141 cm³/mol. The summed E-state index contributed by atoms with van der Waals surface area (Å²) in [7, 11) is 0. The van der Waals surface area contributed by atoms with Crippen molar-refractivity contribution in [2.24, 2.45) is 5.10 Å². The van der Waals surface area contributed by atoms with Gasteiger partial charge in [0.25, 0.3) is 11.6 Å². The van der Waals surface area contributed by atoms with E-state index in [1.54, 1.807) is 18.2 Å². The van der Waals surface area contributed by atoms with Crippen LogP contribution >= 0.6 is 0 Å². The van der Waals surface area contributed by atoms with Crippen LogP contribution in [0.3, 0.4) is 0 Å². The van der Waals surface area contributed by atoms with Crippen LogP contribution in [0.25, 0.3) is 21.5 Å². The first-order chi connectivity index (χ1) is 18.0. The van der Waals surface area contributed by atoms with E-state index in [-0.39, 0.29) is 17.0 Å². The molecule has 0 saturated heterocycles. The summed E-state index contributed by atoms with van der Waals surface area (Å²) in [5.74, 6) is -0.873. The van der Waals surface area contributed by atoms with Crippen LogP contribution in [0.2, 0.25) is 0 Å². The van der Waals surface area contributed by atoms with Gasteiger partial charge in [-0.1, -0.05) is 72.8 Å². The fourth-order valence-corrected chi connectivity index (χ4v) is 4.04. The quantitative estimate of drug-likeness (QED) is 0.105. The monoisotopic (exact) mass is 489 g/mol. The summed E-state index contributed by atoms with van der Waals surface area (Å²) >= 11 is 0. The number of nitro groups is 1. The van der Waals surface area contributed by atoms with Gasteiger partial charge in [-0.2, -0.15) is 5.10 Å². The first kappa shape index (κ1) is 23.4. The normalized spacial score (nSPS) is 11.0. The predicted octanol–water partition coefficient (Wildman–Crippen LogP) is 5.88. The minimum Gasteiger partial charge on any atom is -0.422 e. The lowest BCUT2D eigenvalue weighted by atomic mass is 10.0. The second-order valence-corrected chi connectivity index (χ2v) is 8.12.